The number of nitrogens with zero attached hydrogens (tertiary/aromatic N) is 2. The fourth-order valence-electron chi connectivity index (χ4n) is 1.47. The van der Waals surface area contributed by atoms with Gasteiger partial charge in [0.2, 0.25) is 5.95 Å². The minimum absolute atomic E-state index is 0.113. The highest BCUT2D eigenvalue weighted by Gasteiger charge is 2.29. The smallest absolute Gasteiger partial charge is 0.369 e. The predicted octanol–water partition coefficient (Wildman–Crippen LogP) is 2.32. The van der Waals surface area contributed by atoms with E-state index in [0.717, 1.165) is 16.7 Å². The molecular formula is C9H7F4N3. The number of benzene rings is 1. The van der Waals surface area contributed by atoms with Gasteiger partial charge in [0.05, 0.1) is 11.0 Å². The van der Waals surface area contributed by atoms with Crippen LogP contribution >= 0.6 is 0 Å². The summed E-state index contributed by atoms with van der Waals surface area (Å²) < 4.78 is 50.3. The van der Waals surface area contributed by atoms with Crippen LogP contribution in [0.25, 0.3) is 11.0 Å². The zero-order chi connectivity index (χ0) is 11.9. The molecule has 7 heteroatoms. The molecule has 0 atom stereocenters. The number of rotatable bonds is 1. The number of anilines is 1. The van der Waals surface area contributed by atoms with Crippen molar-refractivity contribution in [1.82, 2.24) is 9.55 Å². The van der Waals surface area contributed by atoms with Crippen molar-refractivity contribution < 1.29 is 17.6 Å². The fraction of sp³-hybridized carbons (Fsp3) is 0.222. The SMILES string of the molecule is Nc1nc2cc(F)ccc2n1CC(F)(F)F. The molecule has 1 aromatic carbocycles. The molecule has 0 radical (unpaired) electrons. The van der Waals surface area contributed by atoms with Crippen molar-refractivity contribution in [2.24, 2.45) is 0 Å². The first-order chi connectivity index (χ1) is 7.37. The first kappa shape index (κ1) is 10.7. The molecule has 2 rings (SSSR count). The molecule has 0 saturated heterocycles. The average molecular weight is 233 g/mol. The van der Waals surface area contributed by atoms with Gasteiger partial charge in [-0.1, -0.05) is 0 Å². The van der Waals surface area contributed by atoms with Crippen LogP contribution in [-0.4, -0.2) is 15.7 Å². The van der Waals surface area contributed by atoms with Gasteiger partial charge in [0.15, 0.2) is 0 Å². The highest BCUT2D eigenvalue weighted by atomic mass is 19.4. The lowest BCUT2D eigenvalue weighted by Gasteiger charge is -2.09. The lowest BCUT2D eigenvalue weighted by Crippen LogP contribution is -2.19. The zero-order valence-electron chi connectivity index (χ0n) is 7.92. The van der Waals surface area contributed by atoms with E-state index in [1.165, 1.54) is 6.07 Å². The third-order valence-electron chi connectivity index (χ3n) is 2.08. The Balaban J connectivity index is 2.56. The molecule has 2 N–H and O–H groups in total. The number of halogens is 4. The van der Waals surface area contributed by atoms with E-state index in [0.29, 0.717) is 0 Å². The highest BCUT2D eigenvalue weighted by Crippen LogP contribution is 2.24. The maximum absolute atomic E-state index is 12.8. The summed E-state index contributed by atoms with van der Waals surface area (Å²) in [5.41, 5.74) is 5.62. The van der Waals surface area contributed by atoms with Gasteiger partial charge in [-0.25, -0.2) is 9.37 Å². The molecule has 16 heavy (non-hydrogen) atoms. The van der Waals surface area contributed by atoms with Gasteiger partial charge in [-0.2, -0.15) is 13.2 Å². The molecule has 0 aliphatic carbocycles. The molecule has 0 aliphatic rings. The Hall–Kier alpha value is -1.79. The third kappa shape index (κ3) is 1.93. The molecule has 0 bridgehead atoms. The van der Waals surface area contributed by atoms with E-state index in [9.17, 15) is 17.6 Å². The van der Waals surface area contributed by atoms with Crippen molar-refractivity contribution in [2.75, 3.05) is 5.73 Å². The van der Waals surface area contributed by atoms with Gasteiger partial charge in [-0.05, 0) is 12.1 Å². The van der Waals surface area contributed by atoms with Crippen LogP contribution in [0.1, 0.15) is 0 Å². The lowest BCUT2D eigenvalue weighted by atomic mass is 10.3. The number of alkyl halides is 3. The van der Waals surface area contributed by atoms with Crippen molar-refractivity contribution in [3.63, 3.8) is 0 Å². The first-order valence-corrected chi connectivity index (χ1v) is 4.35. The minimum atomic E-state index is -4.39. The number of aromatic nitrogens is 2. The molecule has 3 nitrogen and oxygen atoms in total. The maximum Gasteiger partial charge on any atom is 0.406 e. The summed E-state index contributed by atoms with van der Waals surface area (Å²) in [6.07, 6.45) is -4.39. The fourth-order valence-corrected chi connectivity index (χ4v) is 1.47. The van der Waals surface area contributed by atoms with Crippen LogP contribution in [0, 0.1) is 5.82 Å². The highest BCUT2D eigenvalue weighted by molar-refractivity contribution is 5.78. The summed E-state index contributed by atoms with van der Waals surface area (Å²) in [7, 11) is 0. The van der Waals surface area contributed by atoms with E-state index in [1.54, 1.807) is 0 Å². The van der Waals surface area contributed by atoms with Gasteiger partial charge in [-0.15, -0.1) is 0 Å². The average Bonchev–Trinajstić information content (AvgIpc) is 2.40. The van der Waals surface area contributed by atoms with Gasteiger partial charge in [0, 0.05) is 6.07 Å². The molecule has 1 aromatic heterocycles. The van der Waals surface area contributed by atoms with Crippen molar-refractivity contribution in [2.45, 2.75) is 12.7 Å². The Morgan fingerprint density at radius 2 is 2.00 bits per heavy atom. The van der Waals surface area contributed by atoms with E-state index >= 15 is 0 Å². The van der Waals surface area contributed by atoms with E-state index in [4.69, 9.17) is 5.73 Å². The predicted molar refractivity (Wildman–Crippen MR) is 50.2 cm³/mol. The monoisotopic (exact) mass is 233 g/mol. The Kier molecular flexibility index (Phi) is 2.25. The molecule has 1 heterocycles. The van der Waals surface area contributed by atoms with Crippen LogP contribution in [0.5, 0.6) is 0 Å². The quantitative estimate of drug-likeness (QED) is 0.768. The van der Waals surface area contributed by atoms with E-state index < -0.39 is 18.5 Å². The summed E-state index contributed by atoms with van der Waals surface area (Å²) in [6, 6.07) is 3.33. The molecule has 0 fully saturated rings. The van der Waals surface area contributed by atoms with Gasteiger partial charge in [0.1, 0.15) is 12.4 Å². The number of hydrogen-bond acceptors (Lipinski definition) is 2. The summed E-state index contributed by atoms with van der Waals surface area (Å²) in [6.45, 7) is -1.24. The molecule has 0 spiro atoms. The molecule has 0 saturated carbocycles. The number of imidazole rings is 1. The lowest BCUT2D eigenvalue weighted by molar-refractivity contribution is -0.139. The summed E-state index contributed by atoms with van der Waals surface area (Å²) in [5, 5.41) is 0. The van der Waals surface area contributed by atoms with Crippen molar-refractivity contribution in [3.8, 4) is 0 Å². The molecule has 0 aliphatic heterocycles. The first-order valence-electron chi connectivity index (χ1n) is 4.35. The van der Waals surface area contributed by atoms with Gasteiger partial charge >= 0.3 is 6.18 Å². The zero-order valence-corrected chi connectivity index (χ0v) is 7.92. The number of nitrogen functional groups attached to an aromatic ring is 1. The molecule has 0 unspecified atom stereocenters. The van der Waals surface area contributed by atoms with Crippen molar-refractivity contribution in [1.29, 1.82) is 0 Å². The van der Waals surface area contributed by atoms with Gasteiger partial charge in [0.25, 0.3) is 0 Å². The van der Waals surface area contributed by atoms with Crippen LogP contribution in [0.2, 0.25) is 0 Å². The van der Waals surface area contributed by atoms with Crippen LogP contribution in [0.15, 0.2) is 18.2 Å². The normalized spacial score (nSPS) is 12.2. The van der Waals surface area contributed by atoms with Crippen LogP contribution in [0.3, 0.4) is 0 Å². The second-order valence-electron chi connectivity index (χ2n) is 3.30. The molecule has 86 valence electrons. The van der Waals surface area contributed by atoms with Crippen LogP contribution < -0.4 is 5.73 Å². The van der Waals surface area contributed by atoms with E-state index in [1.807, 2.05) is 0 Å². The maximum atomic E-state index is 12.8. The molecular weight excluding hydrogens is 226 g/mol. The second kappa shape index (κ2) is 3.36. The van der Waals surface area contributed by atoms with Gasteiger partial charge in [-0.3, -0.25) is 0 Å². The molecule has 0 amide bonds. The van der Waals surface area contributed by atoms with E-state index in [-0.39, 0.29) is 17.0 Å². The largest absolute Gasteiger partial charge is 0.406 e. The number of hydrogen-bond donors (Lipinski definition) is 1. The summed E-state index contributed by atoms with van der Waals surface area (Å²) in [4.78, 5) is 3.66. The Morgan fingerprint density at radius 1 is 1.31 bits per heavy atom. The number of nitrogens with two attached hydrogens (primary N) is 1. The summed E-state index contributed by atoms with van der Waals surface area (Å²) >= 11 is 0. The third-order valence-corrected chi connectivity index (χ3v) is 2.08. The second-order valence-corrected chi connectivity index (χ2v) is 3.30. The van der Waals surface area contributed by atoms with Crippen LogP contribution in [-0.2, 0) is 6.54 Å². The summed E-state index contributed by atoms with van der Waals surface area (Å²) in [5.74, 6) is -0.845. The Labute approximate surface area is 87.5 Å². The van der Waals surface area contributed by atoms with Crippen molar-refractivity contribution in [3.05, 3.63) is 24.0 Å². The Bertz CT molecular complexity index is 529. The van der Waals surface area contributed by atoms with Gasteiger partial charge < -0.3 is 10.3 Å². The standard InChI is InChI=1S/C9H7F4N3/c10-5-1-2-7-6(3-5)15-8(14)16(7)4-9(11,12)13/h1-3H,4H2,(H2,14,15). The topological polar surface area (TPSA) is 43.8 Å². The van der Waals surface area contributed by atoms with Crippen molar-refractivity contribution >= 4 is 17.0 Å². The van der Waals surface area contributed by atoms with Crippen LogP contribution in [0.4, 0.5) is 23.5 Å². The Morgan fingerprint density at radius 3 is 2.62 bits per heavy atom. The molecule has 2 aromatic rings. The number of fused-ring (bicyclic) bond motifs is 1. The minimum Gasteiger partial charge on any atom is -0.369 e. The van der Waals surface area contributed by atoms with E-state index in [2.05, 4.69) is 4.98 Å².